The van der Waals surface area contributed by atoms with Gasteiger partial charge in [0.15, 0.2) is 11.5 Å². The van der Waals surface area contributed by atoms with E-state index in [0.29, 0.717) is 41.6 Å². The molecule has 1 N–H and O–H groups in total. The quantitative estimate of drug-likeness (QED) is 0.585. The lowest BCUT2D eigenvalue weighted by atomic mass is 10.0. The number of piperidine rings is 1. The van der Waals surface area contributed by atoms with Crippen molar-refractivity contribution in [2.24, 2.45) is 0 Å². The highest BCUT2D eigenvalue weighted by Crippen LogP contribution is 2.35. The van der Waals surface area contributed by atoms with Gasteiger partial charge in [0.05, 0.1) is 4.90 Å². The van der Waals surface area contributed by atoms with Gasteiger partial charge in [-0.05, 0) is 43.2 Å². The summed E-state index contributed by atoms with van der Waals surface area (Å²) in [5, 5.41) is 11.7. The van der Waals surface area contributed by atoms with E-state index in [2.05, 4.69) is 15.5 Å². The summed E-state index contributed by atoms with van der Waals surface area (Å²) in [5.74, 6) is -0.0648. The van der Waals surface area contributed by atoms with Crippen molar-refractivity contribution in [1.29, 1.82) is 0 Å². The number of sulfonamides is 1. The van der Waals surface area contributed by atoms with E-state index in [9.17, 15) is 17.6 Å². The Labute approximate surface area is 193 Å². The Morgan fingerprint density at radius 1 is 1.15 bits per heavy atom. The number of hydrogen-bond acceptors (Lipinski definition) is 8. The number of ether oxygens (including phenoxy) is 2. The maximum Gasteiger partial charge on any atom is 0.286 e. The van der Waals surface area contributed by atoms with Crippen LogP contribution in [0.1, 0.15) is 33.6 Å². The first-order chi connectivity index (χ1) is 15.9. The topological polar surface area (TPSA) is 111 Å². The van der Waals surface area contributed by atoms with Gasteiger partial charge in [0.1, 0.15) is 10.8 Å². The van der Waals surface area contributed by atoms with Gasteiger partial charge in [-0.2, -0.15) is 4.31 Å². The number of fused-ring (bicyclic) bond motifs is 1. The van der Waals surface area contributed by atoms with Crippen molar-refractivity contribution >= 4 is 33.0 Å². The Morgan fingerprint density at radius 2 is 2.00 bits per heavy atom. The van der Waals surface area contributed by atoms with Crippen LogP contribution in [0.5, 0.6) is 11.5 Å². The molecule has 3 heterocycles. The predicted molar refractivity (Wildman–Crippen MR) is 118 cm³/mol. The molecule has 172 valence electrons. The second kappa shape index (κ2) is 8.69. The van der Waals surface area contributed by atoms with Crippen LogP contribution in [-0.4, -0.2) is 48.7 Å². The van der Waals surface area contributed by atoms with Crippen LogP contribution in [-0.2, 0) is 10.0 Å². The van der Waals surface area contributed by atoms with Gasteiger partial charge in [-0.3, -0.25) is 4.79 Å². The molecule has 1 atom stereocenters. The van der Waals surface area contributed by atoms with Crippen LogP contribution in [0.2, 0.25) is 0 Å². The molecule has 1 fully saturated rings. The van der Waals surface area contributed by atoms with Gasteiger partial charge >= 0.3 is 0 Å². The van der Waals surface area contributed by atoms with Crippen molar-refractivity contribution in [3.8, 4) is 11.5 Å². The molecule has 0 aliphatic carbocycles. The van der Waals surface area contributed by atoms with E-state index >= 15 is 0 Å². The number of nitrogens with zero attached hydrogens (tertiary/aromatic N) is 3. The number of aromatic nitrogens is 2. The minimum absolute atomic E-state index is 0.0794. The SMILES string of the molecule is O=C(Nc1ccc2c(c1)OCO2)c1nnc(C2CCCN(S(=O)(=O)c3cccc(F)c3)C2)s1. The highest BCUT2D eigenvalue weighted by molar-refractivity contribution is 7.89. The average Bonchev–Trinajstić information content (AvgIpc) is 3.49. The van der Waals surface area contributed by atoms with E-state index in [1.54, 1.807) is 18.2 Å². The molecule has 0 spiro atoms. The molecule has 12 heteroatoms. The van der Waals surface area contributed by atoms with Crippen LogP contribution in [0.3, 0.4) is 0 Å². The van der Waals surface area contributed by atoms with Gasteiger partial charge in [0.25, 0.3) is 5.91 Å². The van der Waals surface area contributed by atoms with E-state index in [-0.39, 0.29) is 29.2 Å². The maximum atomic E-state index is 13.6. The van der Waals surface area contributed by atoms with E-state index in [4.69, 9.17) is 9.47 Å². The normalized spacial score (nSPS) is 18.3. The molecule has 1 saturated heterocycles. The van der Waals surface area contributed by atoms with Crippen molar-refractivity contribution in [1.82, 2.24) is 14.5 Å². The van der Waals surface area contributed by atoms with Crippen LogP contribution in [0.15, 0.2) is 47.4 Å². The second-order valence-electron chi connectivity index (χ2n) is 7.63. The third-order valence-electron chi connectivity index (χ3n) is 5.43. The zero-order chi connectivity index (χ0) is 23.0. The molecule has 2 aliphatic heterocycles. The number of rotatable bonds is 5. The van der Waals surface area contributed by atoms with Gasteiger partial charge in [-0.25, -0.2) is 12.8 Å². The van der Waals surface area contributed by atoms with Crippen molar-refractivity contribution in [3.05, 3.63) is 58.3 Å². The molecular formula is C21H19FN4O5S2. The standard InChI is InChI=1S/C21H19FN4O5S2/c22-14-4-1-5-16(9-14)33(28,29)26-8-2-3-13(11-26)20-24-25-21(32-20)19(27)23-15-6-7-17-18(10-15)31-12-30-17/h1,4-7,9-10,13H,2-3,8,11-12H2,(H,23,27). The summed E-state index contributed by atoms with van der Waals surface area (Å²) >= 11 is 1.13. The summed E-state index contributed by atoms with van der Waals surface area (Å²) in [4.78, 5) is 12.6. The van der Waals surface area contributed by atoms with Gasteiger partial charge in [0, 0.05) is 30.8 Å². The number of carbonyl (C=O) groups is 1. The van der Waals surface area contributed by atoms with E-state index in [0.717, 1.165) is 17.4 Å². The largest absolute Gasteiger partial charge is 0.454 e. The third-order valence-corrected chi connectivity index (χ3v) is 8.38. The molecule has 5 rings (SSSR count). The summed E-state index contributed by atoms with van der Waals surface area (Å²) in [7, 11) is -3.83. The molecule has 1 amide bonds. The van der Waals surface area contributed by atoms with Crippen molar-refractivity contribution in [3.63, 3.8) is 0 Å². The first-order valence-corrected chi connectivity index (χ1v) is 12.5. The molecule has 3 aromatic rings. The zero-order valence-electron chi connectivity index (χ0n) is 17.2. The number of amides is 1. The Morgan fingerprint density at radius 3 is 2.85 bits per heavy atom. The lowest BCUT2D eigenvalue weighted by molar-refractivity contribution is 0.102. The zero-order valence-corrected chi connectivity index (χ0v) is 18.9. The van der Waals surface area contributed by atoms with Crippen LogP contribution in [0.4, 0.5) is 10.1 Å². The Bertz CT molecular complexity index is 1310. The van der Waals surface area contributed by atoms with Crippen molar-refractivity contribution < 1.29 is 27.1 Å². The summed E-state index contributed by atoms with van der Waals surface area (Å²) in [6.07, 6.45) is 1.34. The summed E-state index contributed by atoms with van der Waals surface area (Å²) in [5.41, 5.74) is 0.533. The molecule has 0 saturated carbocycles. The van der Waals surface area contributed by atoms with Crippen LogP contribution < -0.4 is 14.8 Å². The monoisotopic (exact) mass is 490 g/mol. The number of benzene rings is 2. The fourth-order valence-electron chi connectivity index (χ4n) is 3.79. The van der Waals surface area contributed by atoms with Crippen molar-refractivity contribution in [2.45, 2.75) is 23.7 Å². The smallest absolute Gasteiger partial charge is 0.286 e. The number of nitrogens with one attached hydrogen (secondary N) is 1. The molecule has 0 bridgehead atoms. The summed E-state index contributed by atoms with van der Waals surface area (Å²) in [6.45, 7) is 0.669. The summed E-state index contributed by atoms with van der Waals surface area (Å²) in [6, 6.07) is 10.0. The van der Waals surface area contributed by atoms with Crippen LogP contribution in [0, 0.1) is 5.82 Å². The van der Waals surface area contributed by atoms with Gasteiger partial charge in [-0.1, -0.05) is 17.4 Å². The molecule has 33 heavy (non-hydrogen) atoms. The van der Waals surface area contributed by atoms with Crippen LogP contribution in [0.25, 0.3) is 0 Å². The molecule has 2 aromatic carbocycles. The molecule has 0 radical (unpaired) electrons. The predicted octanol–water partition coefficient (Wildman–Crippen LogP) is 3.23. The highest BCUT2D eigenvalue weighted by Gasteiger charge is 2.33. The number of hydrogen-bond donors (Lipinski definition) is 1. The fourth-order valence-corrected chi connectivity index (χ4v) is 6.21. The lowest BCUT2D eigenvalue weighted by Gasteiger charge is -2.30. The van der Waals surface area contributed by atoms with Gasteiger partial charge in [-0.15, -0.1) is 10.2 Å². The molecule has 1 aromatic heterocycles. The molecule has 1 unspecified atom stereocenters. The van der Waals surface area contributed by atoms with Gasteiger partial charge in [0.2, 0.25) is 21.8 Å². The minimum atomic E-state index is -3.83. The van der Waals surface area contributed by atoms with Crippen molar-refractivity contribution in [2.75, 3.05) is 25.2 Å². The maximum absolute atomic E-state index is 13.6. The average molecular weight is 491 g/mol. The molecule has 9 nitrogen and oxygen atoms in total. The van der Waals surface area contributed by atoms with Gasteiger partial charge < -0.3 is 14.8 Å². The van der Waals surface area contributed by atoms with E-state index in [1.165, 1.54) is 22.5 Å². The number of carbonyl (C=O) groups excluding carboxylic acids is 1. The Kier molecular flexibility index (Phi) is 5.72. The number of anilines is 1. The third kappa shape index (κ3) is 4.41. The fraction of sp³-hybridized carbons (Fsp3) is 0.286. The molecule has 2 aliphatic rings. The van der Waals surface area contributed by atoms with Crippen LogP contribution >= 0.6 is 11.3 Å². The van der Waals surface area contributed by atoms with E-state index in [1.807, 2.05) is 0 Å². The second-order valence-corrected chi connectivity index (χ2v) is 10.6. The summed E-state index contributed by atoms with van der Waals surface area (Å²) < 4.78 is 51.4. The first-order valence-electron chi connectivity index (χ1n) is 10.2. The Hall–Kier alpha value is -3.09. The Balaban J connectivity index is 1.28. The first kappa shape index (κ1) is 21.7. The lowest BCUT2D eigenvalue weighted by Crippen LogP contribution is -2.39. The van der Waals surface area contributed by atoms with E-state index < -0.39 is 21.7 Å². The molecular weight excluding hydrogens is 471 g/mol. The highest BCUT2D eigenvalue weighted by atomic mass is 32.2. The number of halogens is 1. The minimum Gasteiger partial charge on any atom is -0.454 e.